The number of nitrogens with one attached hydrogen (secondary N) is 1. The van der Waals surface area contributed by atoms with Crippen LogP contribution in [0.1, 0.15) is 29.8 Å². The predicted molar refractivity (Wildman–Crippen MR) is 139 cm³/mol. The van der Waals surface area contributed by atoms with Crippen LogP contribution in [-0.4, -0.2) is 38.2 Å². The zero-order chi connectivity index (χ0) is 24.9. The predicted octanol–water partition coefficient (Wildman–Crippen LogP) is 4.76. The molecule has 10 heteroatoms. The van der Waals surface area contributed by atoms with Gasteiger partial charge in [0, 0.05) is 12.1 Å². The van der Waals surface area contributed by atoms with Gasteiger partial charge in [0.15, 0.2) is 5.16 Å². The minimum Gasteiger partial charge on any atom is -0.462 e. The first-order valence-electron chi connectivity index (χ1n) is 11.1. The molecular formula is C25H24N4O4S2. The lowest BCUT2D eigenvalue weighted by atomic mass is 10.1. The van der Waals surface area contributed by atoms with Gasteiger partial charge in [-0.3, -0.25) is 14.2 Å². The molecule has 2 aromatic carbocycles. The Labute approximate surface area is 210 Å². The van der Waals surface area contributed by atoms with Crippen molar-refractivity contribution in [3.8, 4) is 11.3 Å². The van der Waals surface area contributed by atoms with E-state index in [9.17, 15) is 14.4 Å². The molecule has 0 aliphatic carbocycles. The maximum Gasteiger partial charge on any atom is 0.340 e. The number of para-hydroxylation sites is 1. The monoisotopic (exact) mass is 508 g/mol. The van der Waals surface area contributed by atoms with Gasteiger partial charge in [-0.1, -0.05) is 53.7 Å². The summed E-state index contributed by atoms with van der Waals surface area (Å²) < 4.78 is 11.6. The number of thioether (sulfide) groups is 1. The maximum atomic E-state index is 13.1. The number of nitrogens with zero attached hydrogens (tertiary/aromatic N) is 3. The molecule has 4 aromatic rings. The smallest absolute Gasteiger partial charge is 0.340 e. The molecule has 0 fully saturated rings. The van der Waals surface area contributed by atoms with Crippen LogP contribution < -0.4 is 10.9 Å². The number of rotatable bonds is 8. The zero-order valence-electron chi connectivity index (χ0n) is 19.5. The Morgan fingerprint density at radius 1 is 1.11 bits per heavy atom. The molecule has 0 aliphatic heterocycles. The number of fused-ring (bicyclic) bond motifs is 1. The summed E-state index contributed by atoms with van der Waals surface area (Å²) in [6.45, 7) is 6.24. The van der Waals surface area contributed by atoms with Gasteiger partial charge in [0.1, 0.15) is 15.9 Å². The molecule has 2 heterocycles. The Hall–Kier alpha value is -3.50. The molecule has 0 spiro atoms. The van der Waals surface area contributed by atoms with Crippen LogP contribution in [0, 0.1) is 6.92 Å². The minimum atomic E-state index is -0.503. The lowest BCUT2D eigenvalue weighted by molar-refractivity contribution is -0.113. The Morgan fingerprint density at radius 3 is 2.57 bits per heavy atom. The second kappa shape index (κ2) is 10.8. The van der Waals surface area contributed by atoms with Crippen molar-refractivity contribution in [2.24, 2.45) is 0 Å². The first-order valence-corrected chi connectivity index (χ1v) is 12.8. The van der Waals surface area contributed by atoms with Gasteiger partial charge in [0.2, 0.25) is 5.91 Å². The standard InChI is InChI=1S/C25H24N4O4S2/c1-4-29-23(31)22-21(20(28-35-22)16-12-10-15(3)11-13-16)27-25(29)34-14-19(30)26-18-9-7-6-8-17(18)24(32)33-5-2/h6-13H,4-5,14H2,1-3H3,(H,26,30). The van der Waals surface area contributed by atoms with E-state index in [2.05, 4.69) is 9.69 Å². The first-order chi connectivity index (χ1) is 16.9. The van der Waals surface area contributed by atoms with Crippen molar-refractivity contribution < 1.29 is 14.3 Å². The van der Waals surface area contributed by atoms with Crippen molar-refractivity contribution in [2.45, 2.75) is 32.5 Å². The third kappa shape index (κ3) is 5.28. The van der Waals surface area contributed by atoms with Crippen molar-refractivity contribution >= 4 is 51.1 Å². The summed E-state index contributed by atoms with van der Waals surface area (Å²) in [4.78, 5) is 42.8. The molecule has 8 nitrogen and oxygen atoms in total. The van der Waals surface area contributed by atoms with Crippen molar-refractivity contribution in [3.63, 3.8) is 0 Å². The van der Waals surface area contributed by atoms with Gasteiger partial charge in [-0.2, -0.15) is 4.37 Å². The number of esters is 1. The van der Waals surface area contributed by atoms with E-state index in [-0.39, 0.29) is 29.4 Å². The number of anilines is 1. The fourth-order valence-electron chi connectivity index (χ4n) is 3.48. The lowest BCUT2D eigenvalue weighted by Gasteiger charge is -2.12. The van der Waals surface area contributed by atoms with Crippen LogP contribution in [0.15, 0.2) is 58.5 Å². The molecule has 0 radical (unpaired) electrons. The highest BCUT2D eigenvalue weighted by molar-refractivity contribution is 7.99. The Balaban J connectivity index is 1.59. The first kappa shape index (κ1) is 24.6. The van der Waals surface area contributed by atoms with E-state index in [0.717, 1.165) is 34.4 Å². The normalized spacial score (nSPS) is 10.9. The van der Waals surface area contributed by atoms with E-state index in [1.54, 1.807) is 35.8 Å². The molecular weight excluding hydrogens is 484 g/mol. The second-order valence-corrected chi connectivity index (χ2v) is 9.34. The Morgan fingerprint density at radius 2 is 1.86 bits per heavy atom. The number of aromatic nitrogens is 3. The molecule has 0 aliphatic rings. The minimum absolute atomic E-state index is 0.00649. The molecule has 0 bridgehead atoms. The lowest BCUT2D eigenvalue weighted by Crippen LogP contribution is -2.23. The number of aryl methyl sites for hydroxylation is 1. The van der Waals surface area contributed by atoms with Crippen LogP contribution in [-0.2, 0) is 16.1 Å². The van der Waals surface area contributed by atoms with Crippen molar-refractivity contribution in [1.82, 2.24) is 13.9 Å². The highest BCUT2D eigenvalue weighted by Gasteiger charge is 2.19. The maximum absolute atomic E-state index is 13.1. The van der Waals surface area contributed by atoms with Gasteiger partial charge in [-0.25, -0.2) is 9.78 Å². The van der Waals surface area contributed by atoms with Gasteiger partial charge in [-0.05, 0) is 44.4 Å². The Kier molecular flexibility index (Phi) is 7.62. The van der Waals surface area contributed by atoms with E-state index < -0.39 is 5.97 Å². The van der Waals surface area contributed by atoms with E-state index in [4.69, 9.17) is 9.72 Å². The Bertz CT molecular complexity index is 1440. The van der Waals surface area contributed by atoms with Gasteiger partial charge in [0.05, 0.1) is 23.6 Å². The van der Waals surface area contributed by atoms with Crippen LogP contribution >= 0.6 is 23.3 Å². The quantitative estimate of drug-likeness (QED) is 0.208. The van der Waals surface area contributed by atoms with E-state index in [0.29, 0.717) is 33.3 Å². The van der Waals surface area contributed by atoms with Crippen LogP contribution in [0.5, 0.6) is 0 Å². The third-order valence-corrected chi connectivity index (χ3v) is 7.02. The second-order valence-electron chi connectivity index (χ2n) is 7.62. The summed E-state index contributed by atoms with van der Waals surface area (Å²) in [5.41, 5.74) is 3.67. The molecule has 0 unspecified atom stereocenters. The van der Waals surface area contributed by atoms with Gasteiger partial charge < -0.3 is 10.1 Å². The fourth-order valence-corrected chi connectivity index (χ4v) is 5.13. The molecule has 0 saturated heterocycles. The number of hydrogen-bond donors (Lipinski definition) is 1. The van der Waals surface area contributed by atoms with Crippen molar-refractivity contribution in [3.05, 3.63) is 70.0 Å². The molecule has 1 amide bonds. The molecule has 4 rings (SSSR count). The van der Waals surface area contributed by atoms with Crippen molar-refractivity contribution in [2.75, 3.05) is 17.7 Å². The summed E-state index contributed by atoms with van der Waals surface area (Å²) in [7, 11) is 0. The molecule has 0 saturated carbocycles. The largest absolute Gasteiger partial charge is 0.462 e. The molecule has 0 atom stereocenters. The number of hydrogen-bond acceptors (Lipinski definition) is 8. The molecule has 180 valence electrons. The van der Waals surface area contributed by atoms with Crippen molar-refractivity contribution in [1.29, 1.82) is 0 Å². The van der Waals surface area contributed by atoms with Crippen LogP contribution in [0.3, 0.4) is 0 Å². The summed E-state index contributed by atoms with van der Waals surface area (Å²) in [6, 6.07) is 14.6. The van der Waals surface area contributed by atoms with E-state index in [1.165, 1.54) is 0 Å². The van der Waals surface area contributed by atoms with E-state index >= 15 is 0 Å². The topological polar surface area (TPSA) is 103 Å². The van der Waals surface area contributed by atoms with Crippen LogP contribution in [0.2, 0.25) is 0 Å². The highest BCUT2D eigenvalue weighted by atomic mass is 32.2. The van der Waals surface area contributed by atoms with Gasteiger partial charge in [-0.15, -0.1) is 0 Å². The summed E-state index contributed by atoms with van der Waals surface area (Å²) >= 11 is 2.30. The number of amides is 1. The van der Waals surface area contributed by atoms with Crippen LogP contribution in [0.25, 0.3) is 21.5 Å². The molecule has 1 N–H and O–H groups in total. The average molecular weight is 509 g/mol. The van der Waals surface area contributed by atoms with Crippen LogP contribution in [0.4, 0.5) is 5.69 Å². The zero-order valence-corrected chi connectivity index (χ0v) is 21.2. The third-order valence-electron chi connectivity index (χ3n) is 5.22. The molecule has 2 aromatic heterocycles. The summed E-state index contributed by atoms with van der Waals surface area (Å²) in [6.07, 6.45) is 0. The number of carbonyl (C=O) groups excluding carboxylic acids is 2. The number of carbonyl (C=O) groups is 2. The number of ether oxygens (including phenoxy) is 1. The average Bonchev–Trinajstić information content (AvgIpc) is 3.28. The fraction of sp³-hybridized carbons (Fsp3) is 0.240. The summed E-state index contributed by atoms with van der Waals surface area (Å²) in [5, 5.41) is 3.20. The SMILES string of the molecule is CCOC(=O)c1ccccc1NC(=O)CSc1nc2c(-c3ccc(C)cc3)nsc2c(=O)n1CC. The molecule has 35 heavy (non-hydrogen) atoms. The van der Waals surface area contributed by atoms with Gasteiger partial charge in [0.25, 0.3) is 5.56 Å². The van der Waals surface area contributed by atoms with Gasteiger partial charge >= 0.3 is 5.97 Å². The highest BCUT2D eigenvalue weighted by Crippen LogP contribution is 2.30. The van der Waals surface area contributed by atoms with E-state index in [1.807, 2.05) is 38.1 Å². The summed E-state index contributed by atoms with van der Waals surface area (Å²) in [5.74, 6) is -0.825. The number of benzene rings is 2.